The highest BCUT2D eigenvalue weighted by molar-refractivity contribution is 7.87. The highest BCUT2D eigenvalue weighted by Crippen LogP contribution is 2.41. The van der Waals surface area contributed by atoms with Crippen LogP contribution in [0.3, 0.4) is 0 Å². The molecule has 2 rings (SSSR count). The first-order valence-electron chi connectivity index (χ1n) is 5.09. The van der Waals surface area contributed by atoms with Crippen LogP contribution in [0.15, 0.2) is 12.2 Å². The molecule has 0 amide bonds. The van der Waals surface area contributed by atoms with Crippen LogP contribution in [-0.4, -0.2) is 19.8 Å². The summed E-state index contributed by atoms with van der Waals surface area (Å²) in [6.07, 6.45) is 6.10. The second-order valence-corrected chi connectivity index (χ2v) is 6.58. The van der Waals surface area contributed by atoms with E-state index in [1.807, 2.05) is 0 Å². The quantitative estimate of drug-likeness (QED) is 0.533. The SMILES string of the molecule is CC(C)S(=O)(=O)OC1CC2C=CC1C2. The molecular formula is C10H16O3S. The molecule has 0 aromatic heterocycles. The van der Waals surface area contributed by atoms with E-state index in [4.69, 9.17) is 4.18 Å². The second kappa shape index (κ2) is 3.35. The van der Waals surface area contributed by atoms with Gasteiger partial charge in [0.05, 0.1) is 11.4 Å². The van der Waals surface area contributed by atoms with Crippen LogP contribution in [0, 0.1) is 11.8 Å². The minimum atomic E-state index is -3.34. The van der Waals surface area contributed by atoms with E-state index in [-0.39, 0.29) is 6.10 Å². The smallest absolute Gasteiger partial charge is 0.266 e. The van der Waals surface area contributed by atoms with E-state index in [1.165, 1.54) is 0 Å². The summed E-state index contributed by atoms with van der Waals surface area (Å²) in [5, 5.41) is -0.439. The van der Waals surface area contributed by atoms with Crippen LogP contribution >= 0.6 is 0 Å². The Bertz CT molecular complexity index is 342. The minimum Gasteiger partial charge on any atom is -0.266 e. The van der Waals surface area contributed by atoms with Gasteiger partial charge in [-0.1, -0.05) is 12.2 Å². The van der Waals surface area contributed by atoms with Gasteiger partial charge in [-0.2, -0.15) is 8.42 Å². The maximum atomic E-state index is 11.5. The van der Waals surface area contributed by atoms with Crippen LogP contribution in [0.4, 0.5) is 0 Å². The Morgan fingerprint density at radius 2 is 2.00 bits per heavy atom. The van der Waals surface area contributed by atoms with Crippen molar-refractivity contribution >= 4 is 10.1 Å². The zero-order valence-electron chi connectivity index (χ0n) is 8.51. The van der Waals surface area contributed by atoms with Crippen LogP contribution in [0.2, 0.25) is 0 Å². The van der Waals surface area contributed by atoms with Gasteiger partial charge in [-0.05, 0) is 32.6 Å². The first-order chi connectivity index (χ1) is 6.49. The fraction of sp³-hybridized carbons (Fsp3) is 0.800. The second-order valence-electron chi connectivity index (χ2n) is 4.46. The van der Waals surface area contributed by atoms with Crippen molar-refractivity contribution in [3.05, 3.63) is 12.2 Å². The molecule has 0 saturated heterocycles. The number of fused-ring (bicyclic) bond motifs is 2. The predicted octanol–water partition coefficient (Wildman–Crippen LogP) is 1.71. The number of allylic oxidation sites excluding steroid dienone is 1. The van der Waals surface area contributed by atoms with Crippen LogP contribution in [-0.2, 0) is 14.3 Å². The average molecular weight is 216 g/mol. The van der Waals surface area contributed by atoms with Crippen molar-refractivity contribution in [3.63, 3.8) is 0 Å². The molecule has 3 atom stereocenters. The van der Waals surface area contributed by atoms with Crippen molar-refractivity contribution in [2.75, 3.05) is 0 Å². The van der Waals surface area contributed by atoms with Crippen LogP contribution in [0.1, 0.15) is 26.7 Å². The van der Waals surface area contributed by atoms with E-state index in [9.17, 15) is 8.42 Å². The molecule has 2 bridgehead atoms. The molecule has 3 nitrogen and oxygen atoms in total. The zero-order valence-corrected chi connectivity index (χ0v) is 9.33. The van der Waals surface area contributed by atoms with Crippen LogP contribution in [0.5, 0.6) is 0 Å². The van der Waals surface area contributed by atoms with Gasteiger partial charge < -0.3 is 0 Å². The first kappa shape index (κ1) is 10.2. The summed E-state index contributed by atoms with van der Waals surface area (Å²) in [4.78, 5) is 0. The van der Waals surface area contributed by atoms with Crippen molar-refractivity contribution in [3.8, 4) is 0 Å². The zero-order chi connectivity index (χ0) is 10.3. The Hall–Kier alpha value is -0.350. The molecule has 0 aromatic rings. The largest absolute Gasteiger partial charge is 0.269 e. The van der Waals surface area contributed by atoms with E-state index < -0.39 is 15.4 Å². The molecule has 0 aromatic carbocycles. The number of hydrogen-bond donors (Lipinski definition) is 0. The molecular weight excluding hydrogens is 200 g/mol. The highest BCUT2D eigenvalue weighted by Gasteiger charge is 2.39. The molecule has 0 radical (unpaired) electrons. The Labute approximate surface area is 85.3 Å². The van der Waals surface area contributed by atoms with Crippen molar-refractivity contribution in [1.82, 2.24) is 0 Å². The van der Waals surface area contributed by atoms with E-state index in [0.29, 0.717) is 11.8 Å². The molecule has 0 heterocycles. The predicted molar refractivity (Wildman–Crippen MR) is 54.3 cm³/mol. The van der Waals surface area contributed by atoms with Gasteiger partial charge in [0.25, 0.3) is 10.1 Å². The molecule has 1 saturated carbocycles. The molecule has 14 heavy (non-hydrogen) atoms. The standard InChI is InChI=1S/C10H16O3S/c1-7(2)14(11,12)13-10-6-8-3-4-9(10)5-8/h3-4,7-10H,5-6H2,1-2H3. The van der Waals surface area contributed by atoms with E-state index in [1.54, 1.807) is 13.8 Å². The Morgan fingerprint density at radius 1 is 1.29 bits per heavy atom. The summed E-state index contributed by atoms with van der Waals surface area (Å²) in [6.45, 7) is 3.30. The van der Waals surface area contributed by atoms with Gasteiger partial charge in [0, 0.05) is 5.92 Å². The normalized spacial score (nSPS) is 35.8. The molecule has 0 spiro atoms. The molecule has 0 aliphatic heterocycles. The maximum Gasteiger partial charge on any atom is 0.269 e. The van der Waals surface area contributed by atoms with Gasteiger partial charge >= 0.3 is 0 Å². The Balaban J connectivity index is 2.03. The summed E-state index contributed by atoms with van der Waals surface area (Å²) in [5.41, 5.74) is 0. The lowest BCUT2D eigenvalue weighted by Gasteiger charge is -2.19. The fourth-order valence-electron chi connectivity index (χ4n) is 2.12. The van der Waals surface area contributed by atoms with E-state index in [2.05, 4.69) is 12.2 Å². The van der Waals surface area contributed by atoms with Gasteiger partial charge in [0.2, 0.25) is 0 Å². The van der Waals surface area contributed by atoms with Crippen molar-refractivity contribution in [1.29, 1.82) is 0 Å². The lowest BCUT2D eigenvalue weighted by molar-refractivity contribution is 0.180. The van der Waals surface area contributed by atoms with Crippen LogP contribution in [0.25, 0.3) is 0 Å². The third-order valence-corrected chi connectivity index (χ3v) is 4.72. The molecule has 4 heteroatoms. The molecule has 80 valence electrons. The van der Waals surface area contributed by atoms with Crippen molar-refractivity contribution in [2.45, 2.75) is 38.0 Å². The Kier molecular flexibility index (Phi) is 2.43. The summed E-state index contributed by atoms with van der Waals surface area (Å²) >= 11 is 0. The monoisotopic (exact) mass is 216 g/mol. The lowest BCUT2D eigenvalue weighted by atomic mass is 10.1. The molecule has 1 fully saturated rings. The van der Waals surface area contributed by atoms with Gasteiger partial charge in [0.1, 0.15) is 0 Å². The molecule has 3 unspecified atom stereocenters. The average Bonchev–Trinajstić information content (AvgIpc) is 2.63. The molecule has 2 aliphatic rings. The minimum absolute atomic E-state index is 0.0996. The lowest BCUT2D eigenvalue weighted by Crippen LogP contribution is -2.27. The Morgan fingerprint density at radius 3 is 2.43 bits per heavy atom. The maximum absolute atomic E-state index is 11.5. The van der Waals surface area contributed by atoms with Gasteiger partial charge in [-0.15, -0.1) is 0 Å². The van der Waals surface area contributed by atoms with Crippen LogP contribution < -0.4 is 0 Å². The van der Waals surface area contributed by atoms with E-state index in [0.717, 1.165) is 12.8 Å². The van der Waals surface area contributed by atoms with Crippen molar-refractivity contribution in [2.24, 2.45) is 11.8 Å². The summed E-state index contributed by atoms with van der Waals surface area (Å²) < 4.78 is 28.2. The highest BCUT2D eigenvalue weighted by atomic mass is 32.2. The summed E-state index contributed by atoms with van der Waals surface area (Å²) in [5.74, 6) is 0.876. The molecule has 0 N–H and O–H groups in total. The molecule has 2 aliphatic carbocycles. The third kappa shape index (κ3) is 1.73. The summed E-state index contributed by atoms with van der Waals surface area (Å²) in [7, 11) is -3.34. The summed E-state index contributed by atoms with van der Waals surface area (Å²) in [6, 6.07) is 0. The number of hydrogen-bond acceptors (Lipinski definition) is 3. The van der Waals surface area contributed by atoms with Gasteiger partial charge in [-0.25, -0.2) is 0 Å². The fourth-order valence-corrected chi connectivity index (χ4v) is 2.91. The van der Waals surface area contributed by atoms with Crippen molar-refractivity contribution < 1.29 is 12.6 Å². The number of rotatable bonds is 3. The van der Waals surface area contributed by atoms with E-state index >= 15 is 0 Å². The third-order valence-electron chi connectivity index (χ3n) is 3.05. The van der Waals surface area contributed by atoms with Gasteiger partial charge in [-0.3, -0.25) is 4.18 Å². The topological polar surface area (TPSA) is 43.4 Å². The van der Waals surface area contributed by atoms with Gasteiger partial charge in [0.15, 0.2) is 0 Å². The first-order valence-corrected chi connectivity index (χ1v) is 6.56.